The molecule has 3 rings (SSSR count). The molecular weight excluding hydrogens is 246 g/mol. The average molecular weight is 261 g/mol. The van der Waals surface area contributed by atoms with Gasteiger partial charge in [0.05, 0.1) is 5.56 Å². The molecule has 2 aromatic rings. The van der Waals surface area contributed by atoms with E-state index >= 15 is 0 Å². The molecule has 0 amide bonds. The lowest BCUT2D eigenvalue weighted by molar-refractivity contribution is 0.0697. The van der Waals surface area contributed by atoms with Crippen molar-refractivity contribution in [3.8, 4) is 0 Å². The van der Waals surface area contributed by atoms with Crippen molar-refractivity contribution >= 4 is 27.4 Å². The van der Waals surface area contributed by atoms with Crippen LogP contribution in [0.5, 0.6) is 0 Å². The van der Waals surface area contributed by atoms with E-state index in [1.54, 1.807) is 23.5 Å². The molecule has 0 bridgehead atoms. The first-order valence-corrected chi connectivity index (χ1v) is 7.08. The number of thiophene rings is 1. The van der Waals surface area contributed by atoms with Crippen LogP contribution in [0.15, 0.2) is 23.6 Å². The molecule has 0 unspecified atom stereocenters. The van der Waals surface area contributed by atoms with E-state index in [1.165, 1.54) is 36.9 Å². The van der Waals surface area contributed by atoms with Crippen LogP contribution in [-0.2, 0) is 6.54 Å². The monoisotopic (exact) mass is 261 g/mol. The molecule has 0 spiro atoms. The zero-order valence-electron chi connectivity index (χ0n) is 10.1. The van der Waals surface area contributed by atoms with Crippen molar-refractivity contribution < 1.29 is 9.90 Å². The summed E-state index contributed by atoms with van der Waals surface area (Å²) >= 11 is 1.64. The van der Waals surface area contributed by atoms with Crippen molar-refractivity contribution in [2.24, 2.45) is 0 Å². The Balaban J connectivity index is 1.91. The first-order valence-electron chi connectivity index (χ1n) is 6.20. The number of carboxylic acid groups (broad SMARTS) is 1. The number of likely N-dealkylation sites (tertiary alicyclic amines) is 1. The van der Waals surface area contributed by atoms with Crippen molar-refractivity contribution in [3.05, 3.63) is 34.7 Å². The molecule has 1 aromatic heterocycles. The van der Waals surface area contributed by atoms with Gasteiger partial charge in [-0.05, 0) is 54.4 Å². The second kappa shape index (κ2) is 4.71. The highest BCUT2D eigenvalue weighted by Crippen LogP contribution is 2.28. The van der Waals surface area contributed by atoms with E-state index < -0.39 is 5.97 Å². The minimum Gasteiger partial charge on any atom is -0.478 e. The minimum atomic E-state index is -0.855. The summed E-state index contributed by atoms with van der Waals surface area (Å²) in [4.78, 5) is 13.4. The zero-order chi connectivity index (χ0) is 12.5. The maximum Gasteiger partial charge on any atom is 0.335 e. The van der Waals surface area contributed by atoms with Gasteiger partial charge in [-0.3, -0.25) is 4.90 Å². The largest absolute Gasteiger partial charge is 0.478 e. The first-order chi connectivity index (χ1) is 8.74. The minimum absolute atomic E-state index is 0.372. The normalized spacial score (nSPS) is 16.4. The Hall–Kier alpha value is -1.39. The van der Waals surface area contributed by atoms with Gasteiger partial charge in [0.25, 0.3) is 0 Å². The topological polar surface area (TPSA) is 40.5 Å². The molecule has 2 heterocycles. The molecule has 18 heavy (non-hydrogen) atoms. The van der Waals surface area contributed by atoms with E-state index in [0.29, 0.717) is 5.56 Å². The molecule has 0 aliphatic carbocycles. The smallest absolute Gasteiger partial charge is 0.335 e. The number of benzene rings is 1. The second-order valence-corrected chi connectivity index (χ2v) is 5.67. The highest BCUT2D eigenvalue weighted by Gasteiger charge is 2.14. The Morgan fingerprint density at radius 1 is 1.33 bits per heavy atom. The van der Waals surface area contributed by atoms with E-state index in [4.69, 9.17) is 5.11 Å². The maximum absolute atomic E-state index is 10.9. The molecule has 3 nitrogen and oxygen atoms in total. The second-order valence-electron chi connectivity index (χ2n) is 4.76. The van der Waals surface area contributed by atoms with Gasteiger partial charge in [-0.15, -0.1) is 11.3 Å². The molecular formula is C14H15NO2S. The Morgan fingerprint density at radius 3 is 2.83 bits per heavy atom. The van der Waals surface area contributed by atoms with Crippen LogP contribution in [0, 0.1) is 0 Å². The summed E-state index contributed by atoms with van der Waals surface area (Å²) in [7, 11) is 0. The molecule has 1 aliphatic rings. The third-order valence-corrected chi connectivity index (χ3v) is 4.49. The quantitative estimate of drug-likeness (QED) is 0.922. The maximum atomic E-state index is 10.9. The summed E-state index contributed by atoms with van der Waals surface area (Å²) in [6, 6.07) is 5.42. The fourth-order valence-electron chi connectivity index (χ4n) is 2.52. The molecule has 1 fully saturated rings. The number of carboxylic acids is 1. The highest BCUT2D eigenvalue weighted by molar-refractivity contribution is 7.17. The number of carbonyl (C=O) groups is 1. The van der Waals surface area contributed by atoms with Crippen molar-refractivity contribution in [2.45, 2.75) is 19.4 Å². The van der Waals surface area contributed by atoms with Crippen LogP contribution in [0.2, 0.25) is 0 Å². The van der Waals surface area contributed by atoms with Crippen molar-refractivity contribution in [1.82, 2.24) is 4.90 Å². The van der Waals surface area contributed by atoms with E-state index in [1.807, 2.05) is 6.07 Å². The number of hydrogen-bond donors (Lipinski definition) is 1. The number of hydrogen-bond acceptors (Lipinski definition) is 3. The lowest BCUT2D eigenvalue weighted by Gasteiger charge is -2.13. The number of fused-ring (bicyclic) bond motifs is 1. The zero-order valence-corrected chi connectivity index (χ0v) is 10.9. The molecule has 94 valence electrons. The van der Waals surface area contributed by atoms with E-state index in [9.17, 15) is 4.79 Å². The Bertz CT molecular complexity index is 584. The number of rotatable bonds is 3. The van der Waals surface area contributed by atoms with Gasteiger partial charge in [-0.1, -0.05) is 6.07 Å². The SMILES string of the molecule is O=C(O)c1ccc2c(CN3CCCC3)csc2c1. The van der Waals surface area contributed by atoms with Gasteiger partial charge in [0.1, 0.15) is 0 Å². The Kier molecular flexibility index (Phi) is 3.06. The van der Waals surface area contributed by atoms with E-state index in [0.717, 1.165) is 11.2 Å². The van der Waals surface area contributed by atoms with Gasteiger partial charge in [-0.2, -0.15) is 0 Å². The van der Waals surface area contributed by atoms with Gasteiger partial charge >= 0.3 is 5.97 Å². The fourth-order valence-corrected chi connectivity index (χ4v) is 3.51. The van der Waals surface area contributed by atoms with Gasteiger partial charge in [0.15, 0.2) is 0 Å². The van der Waals surface area contributed by atoms with Crippen LogP contribution in [0.3, 0.4) is 0 Å². The number of aromatic carboxylic acids is 1. The van der Waals surface area contributed by atoms with Crippen molar-refractivity contribution in [3.63, 3.8) is 0 Å². The highest BCUT2D eigenvalue weighted by atomic mass is 32.1. The summed E-state index contributed by atoms with van der Waals surface area (Å²) in [6.07, 6.45) is 2.59. The molecule has 1 aromatic carbocycles. The molecule has 4 heteroatoms. The van der Waals surface area contributed by atoms with Gasteiger partial charge in [0, 0.05) is 11.2 Å². The molecule has 1 saturated heterocycles. The van der Waals surface area contributed by atoms with Crippen LogP contribution in [0.25, 0.3) is 10.1 Å². The van der Waals surface area contributed by atoms with Crippen molar-refractivity contribution in [2.75, 3.05) is 13.1 Å². The summed E-state index contributed by atoms with van der Waals surface area (Å²) in [5, 5.41) is 12.3. The predicted molar refractivity (Wildman–Crippen MR) is 73.3 cm³/mol. The number of nitrogens with zero attached hydrogens (tertiary/aromatic N) is 1. The lowest BCUT2D eigenvalue weighted by Crippen LogP contribution is -2.17. The van der Waals surface area contributed by atoms with Crippen LogP contribution < -0.4 is 0 Å². The molecule has 0 radical (unpaired) electrons. The molecule has 1 aliphatic heterocycles. The Morgan fingerprint density at radius 2 is 2.11 bits per heavy atom. The molecule has 1 N–H and O–H groups in total. The van der Waals surface area contributed by atoms with Crippen LogP contribution >= 0.6 is 11.3 Å². The third-order valence-electron chi connectivity index (χ3n) is 3.50. The van der Waals surface area contributed by atoms with Gasteiger partial charge < -0.3 is 5.11 Å². The summed E-state index contributed by atoms with van der Waals surface area (Å²) in [5.74, 6) is -0.855. The third kappa shape index (κ3) is 2.13. The van der Waals surface area contributed by atoms with Crippen LogP contribution in [0.1, 0.15) is 28.8 Å². The average Bonchev–Trinajstić information content (AvgIpc) is 2.99. The standard InChI is InChI=1S/C14H15NO2S/c16-14(17)10-3-4-12-11(9-18-13(12)7-10)8-15-5-1-2-6-15/h3-4,7,9H,1-2,5-6,8H2,(H,16,17). The van der Waals surface area contributed by atoms with Crippen LogP contribution in [0.4, 0.5) is 0 Å². The first kappa shape index (κ1) is 11.7. The lowest BCUT2D eigenvalue weighted by atomic mass is 10.1. The summed E-state index contributed by atoms with van der Waals surface area (Å²) < 4.78 is 1.07. The summed E-state index contributed by atoms with van der Waals surface area (Å²) in [5.41, 5.74) is 1.70. The van der Waals surface area contributed by atoms with Crippen LogP contribution in [-0.4, -0.2) is 29.1 Å². The van der Waals surface area contributed by atoms with Crippen molar-refractivity contribution in [1.29, 1.82) is 0 Å². The van der Waals surface area contributed by atoms with E-state index in [2.05, 4.69) is 10.3 Å². The Labute approximate surface area is 110 Å². The predicted octanol–water partition coefficient (Wildman–Crippen LogP) is 3.20. The fraction of sp³-hybridized carbons (Fsp3) is 0.357. The molecule has 0 saturated carbocycles. The summed E-state index contributed by atoms with van der Waals surface area (Å²) in [6.45, 7) is 3.36. The van der Waals surface area contributed by atoms with E-state index in [-0.39, 0.29) is 0 Å². The van der Waals surface area contributed by atoms with Gasteiger partial charge in [-0.25, -0.2) is 4.79 Å². The van der Waals surface area contributed by atoms with Gasteiger partial charge in [0.2, 0.25) is 0 Å². The molecule has 0 atom stereocenters.